The van der Waals surface area contributed by atoms with Crippen LogP contribution in [0.15, 0.2) is 60.2 Å². The largest absolute Gasteiger partial charge is 0.497 e. The maximum Gasteiger partial charge on any atom is 0.410 e. The van der Waals surface area contributed by atoms with Crippen LogP contribution in [0.1, 0.15) is 95.1 Å². The summed E-state index contributed by atoms with van der Waals surface area (Å²) >= 11 is 1.51. The molecule has 4 atom stereocenters. The predicted molar refractivity (Wildman–Crippen MR) is 180 cm³/mol. The number of nitrogens with zero attached hydrogens (tertiary/aromatic N) is 1. The molecule has 1 saturated heterocycles. The molecule has 3 aliphatic carbocycles. The highest BCUT2D eigenvalue weighted by Crippen LogP contribution is 2.62. The smallest absolute Gasteiger partial charge is 0.410 e. The zero-order chi connectivity index (χ0) is 32.6. The Bertz CT molecular complexity index is 1660. The van der Waals surface area contributed by atoms with Crippen LogP contribution in [0.5, 0.6) is 11.5 Å². The highest BCUT2D eigenvalue weighted by atomic mass is 32.1. The van der Waals surface area contributed by atoms with E-state index < -0.39 is 17.1 Å². The van der Waals surface area contributed by atoms with Gasteiger partial charge in [0.1, 0.15) is 17.1 Å². The number of fused-ring (bicyclic) bond motifs is 8. The Morgan fingerprint density at radius 3 is 2.63 bits per heavy atom. The van der Waals surface area contributed by atoms with E-state index >= 15 is 0 Å². The van der Waals surface area contributed by atoms with Gasteiger partial charge in [-0.15, -0.1) is 11.3 Å². The zero-order valence-corrected chi connectivity index (χ0v) is 28.4. The van der Waals surface area contributed by atoms with E-state index in [-0.39, 0.29) is 17.8 Å². The van der Waals surface area contributed by atoms with Gasteiger partial charge in [0.05, 0.1) is 38.3 Å². The number of carbonyl (C=O) groups is 2. The van der Waals surface area contributed by atoms with Crippen LogP contribution < -0.4 is 9.47 Å². The van der Waals surface area contributed by atoms with Gasteiger partial charge in [-0.2, -0.15) is 0 Å². The maximum absolute atomic E-state index is 14.2. The number of ether oxygens (including phenoxy) is 3. The lowest BCUT2D eigenvalue weighted by atomic mass is 9.65. The third kappa shape index (κ3) is 5.97. The summed E-state index contributed by atoms with van der Waals surface area (Å²) in [6.07, 6.45) is 6.63. The van der Waals surface area contributed by atoms with E-state index in [1.807, 2.05) is 43.3 Å². The van der Waals surface area contributed by atoms with Gasteiger partial charge in [0.25, 0.3) is 0 Å². The minimum Gasteiger partial charge on any atom is -0.497 e. The average molecular weight is 644 g/mol. The second-order valence-electron chi connectivity index (χ2n) is 13.6. The number of methoxy groups -OCH3 is 2. The fourth-order valence-corrected chi connectivity index (χ4v) is 8.80. The summed E-state index contributed by atoms with van der Waals surface area (Å²) in [6.45, 7) is 7.25. The molecule has 2 fully saturated rings. The molecule has 46 heavy (non-hydrogen) atoms. The molecule has 1 N–H and O–H groups in total. The number of amides is 1. The molecule has 7 nitrogen and oxygen atoms in total. The fourth-order valence-electron chi connectivity index (χ4n) is 7.98. The Kier molecular flexibility index (Phi) is 9.05. The molecular formula is C38H45NO6S. The number of aliphatic hydroxyl groups is 1. The minimum absolute atomic E-state index is 0.00593. The summed E-state index contributed by atoms with van der Waals surface area (Å²) in [4.78, 5) is 31.4. The highest BCUT2D eigenvalue weighted by molar-refractivity contribution is 7.14. The molecule has 4 aliphatic rings. The molecule has 0 unspecified atom stereocenters. The van der Waals surface area contributed by atoms with E-state index in [4.69, 9.17) is 14.2 Å². The second-order valence-corrected chi connectivity index (χ2v) is 14.8. The van der Waals surface area contributed by atoms with Crippen LogP contribution >= 0.6 is 11.3 Å². The topological polar surface area (TPSA) is 85.3 Å². The number of aryl methyl sites for hydroxylation is 1. The van der Waals surface area contributed by atoms with E-state index in [9.17, 15) is 14.7 Å². The Labute approximate surface area is 276 Å². The number of hydrogen-bond donors (Lipinski definition) is 1. The van der Waals surface area contributed by atoms with Gasteiger partial charge in [-0.1, -0.05) is 30.7 Å². The van der Waals surface area contributed by atoms with Crippen LogP contribution in [0, 0.1) is 12.3 Å². The molecule has 1 amide bonds. The summed E-state index contributed by atoms with van der Waals surface area (Å²) in [6, 6.07) is 15.8. The summed E-state index contributed by atoms with van der Waals surface area (Å²) in [5.41, 5.74) is 3.70. The SMILES string of the molecule is COc1ccc(CN2C[C@@]3(CC[C@H]4c5ccc(cc5C(=O)c5ccc(C)s5)C[C@@H](O)CCC(C)=CCC[C@@]43C)OC2=O)c(OC)c1. The first kappa shape index (κ1) is 32.3. The molecule has 2 aromatic carbocycles. The van der Waals surface area contributed by atoms with E-state index in [1.165, 1.54) is 16.9 Å². The summed E-state index contributed by atoms with van der Waals surface area (Å²) in [5, 5.41) is 10.9. The number of allylic oxidation sites excluding steroid dienone is 2. The molecule has 1 aromatic heterocycles. The third-order valence-corrected chi connectivity index (χ3v) is 11.7. The van der Waals surface area contributed by atoms with E-state index in [0.717, 1.165) is 52.1 Å². The Morgan fingerprint density at radius 2 is 1.89 bits per heavy atom. The molecule has 7 rings (SSSR count). The van der Waals surface area contributed by atoms with Gasteiger partial charge < -0.3 is 19.3 Å². The molecule has 8 heteroatoms. The predicted octanol–water partition coefficient (Wildman–Crippen LogP) is 8.00. The first-order valence-corrected chi connectivity index (χ1v) is 17.1. The van der Waals surface area contributed by atoms with Crippen LogP contribution in [-0.2, 0) is 17.7 Å². The highest BCUT2D eigenvalue weighted by Gasteiger charge is 2.64. The van der Waals surface area contributed by atoms with Crippen LogP contribution in [0.2, 0.25) is 0 Å². The van der Waals surface area contributed by atoms with Crippen LogP contribution in [0.3, 0.4) is 0 Å². The molecule has 1 saturated carbocycles. The molecular weight excluding hydrogens is 598 g/mol. The Hall–Kier alpha value is -3.62. The van der Waals surface area contributed by atoms with Gasteiger partial charge in [0.15, 0.2) is 0 Å². The quantitative estimate of drug-likeness (QED) is 0.216. The van der Waals surface area contributed by atoms with Gasteiger partial charge in [0.2, 0.25) is 5.78 Å². The van der Waals surface area contributed by atoms with Crippen molar-refractivity contribution in [2.45, 2.75) is 89.9 Å². The number of carbonyl (C=O) groups excluding carboxylic acids is 2. The summed E-state index contributed by atoms with van der Waals surface area (Å²) in [5.74, 6) is 1.39. The van der Waals surface area contributed by atoms with Crippen molar-refractivity contribution in [1.29, 1.82) is 0 Å². The van der Waals surface area contributed by atoms with Crippen molar-refractivity contribution in [2.75, 3.05) is 20.8 Å². The number of hydrogen-bond acceptors (Lipinski definition) is 7. The normalized spacial score (nSPS) is 26.4. The molecule has 2 heterocycles. The number of thiophene rings is 1. The lowest BCUT2D eigenvalue weighted by molar-refractivity contribution is -0.0373. The third-order valence-electron chi connectivity index (χ3n) is 10.7. The number of benzene rings is 2. The van der Waals surface area contributed by atoms with Crippen molar-refractivity contribution in [1.82, 2.24) is 4.90 Å². The van der Waals surface area contributed by atoms with Crippen molar-refractivity contribution in [3.8, 4) is 11.5 Å². The van der Waals surface area contributed by atoms with Gasteiger partial charge in [-0.25, -0.2) is 4.79 Å². The monoisotopic (exact) mass is 643 g/mol. The van der Waals surface area contributed by atoms with Crippen LogP contribution in [-0.4, -0.2) is 54.4 Å². The number of aliphatic hydroxyl groups excluding tert-OH is 1. The molecule has 244 valence electrons. The van der Waals surface area contributed by atoms with Crippen molar-refractivity contribution in [3.05, 3.63) is 92.2 Å². The van der Waals surface area contributed by atoms with Crippen molar-refractivity contribution < 1.29 is 28.9 Å². The zero-order valence-electron chi connectivity index (χ0n) is 27.6. The van der Waals surface area contributed by atoms with Crippen LogP contribution in [0.4, 0.5) is 4.79 Å². The van der Waals surface area contributed by atoms with Gasteiger partial charge >= 0.3 is 6.09 Å². The first-order valence-electron chi connectivity index (χ1n) is 16.3. The Balaban J connectivity index is 1.40. The van der Waals surface area contributed by atoms with E-state index in [2.05, 4.69) is 32.1 Å². The second kappa shape index (κ2) is 12.9. The van der Waals surface area contributed by atoms with Crippen LogP contribution in [0.25, 0.3) is 0 Å². The average Bonchev–Trinajstić information content (AvgIpc) is 3.70. The Morgan fingerprint density at radius 1 is 1.07 bits per heavy atom. The first-order chi connectivity index (χ1) is 22.1. The molecule has 3 aromatic rings. The van der Waals surface area contributed by atoms with Gasteiger partial charge in [-0.05, 0) is 106 Å². The maximum atomic E-state index is 14.2. The van der Waals surface area contributed by atoms with Crippen molar-refractivity contribution >= 4 is 23.2 Å². The molecule has 1 aliphatic heterocycles. The molecule has 1 spiro atoms. The summed E-state index contributed by atoms with van der Waals surface area (Å²) in [7, 11) is 3.24. The lowest BCUT2D eigenvalue weighted by Gasteiger charge is -2.43. The standard InChI is InChI=1S/C38H45NO6S/c1-24-7-6-17-37(3)32(16-18-38(37)23-39(36(42)45-38)22-27-11-13-29(43-4)21-33(27)44-5)30-14-10-26(19-28(40)12-8-24)20-31(30)35(41)34-15-9-25(2)46-34/h7,9-11,13-15,20-21,28,32,40H,6,8,12,16-19,22-23H2,1-5H3/t28-,32-,37-,38+/m0/s1. The minimum atomic E-state index is -0.706. The number of ketones is 1. The number of rotatable bonds is 6. The molecule has 0 radical (unpaired) electrons. The lowest BCUT2D eigenvalue weighted by Crippen LogP contribution is -2.48. The van der Waals surface area contributed by atoms with Gasteiger partial charge in [-0.3, -0.25) is 9.69 Å². The van der Waals surface area contributed by atoms with E-state index in [0.29, 0.717) is 49.4 Å². The van der Waals surface area contributed by atoms with Gasteiger partial charge in [0, 0.05) is 27.5 Å². The molecule has 2 bridgehead atoms. The summed E-state index contributed by atoms with van der Waals surface area (Å²) < 4.78 is 17.5. The van der Waals surface area contributed by atoms with E-state index in [1.54, 1.807) is 19.1 Å². The fraction of sp³-hybridized carbons (Fsp3) is 0.474. The van der Waals surface area contributed by atoms with Crippen molar-refractivity contribution in [3.63, 3.8) is 0 Å². The van der Waals surface area contributed by atoms with Crippen molar-refractivity contribution in [2.24, 2.45) is 5.41 Å².